The summed E-state index contributed by atoms with van der Waals surface area (Å²) in [5.41, 5.74) is 3.37. The molecule has 0 fully saturated rings. The molecule has 15 heavy (non-hydrogen) atoms. The molecule has 1 heterocycles. The Balaban J connectivity index is 2.32. The lowest BCUT2D eigenvalue weighted by Crippen LogP contribution is -2.03. The van der Waals surface area contributed by atoms with Crippen molar-refractivity contribution < 1.29 is 4.92 Å². The van der Waals surface area contributed by atoms with Gasteiger partial charge in [0, 0.05) is 11.3 Å². The average Bonchev–Trinajstić information content (AvgIpc) is 2.63. The van der Waals surface area contributed by atoms with E-state index in [-0.39, 0.29) is 11.5 Å². The maximum atomic E-state index is 10.2. The molecule has 0 spiro atoms. The lowest BCUT2D eigenvalue weighted by atomic mass is 10.1. The van der Waals surface area contributed by atoms with Crippen molar-refractivity contribution in [1.29, 1.82) is 0 Å². The van der Waals surface area contributed by atoms with Gasteiger partial charge in [0.25, 0.3) is 0 Å². The Bertz CT molecular complexity index is 512. The molecule has 2 aromatic rings. The monoisotopic (exact) mass is 242 g/mol. The maximum absolute atomic E-state index is 10.2. The van der Waals surface area contributed by atoms with Gasteiger partial charge in [-0.2, -0.15) is 0 Å². The predicted molar refractivity (Wildman–Crippen MR) is 60.2 cm³/mol. The first-order valence-electron chi connectivity index (χ1n) is 4.30. The Hall–Kier alpha value is -1.20. The molecule has 0 aliphatic rings. The second kappa shape index (κ2) is 4.12. The lowest BCUT2D eigenvalue weighted by Gasteiger charge is -1.99. The molecular weight excluding hydrogens is 236 g/mol. The fourth-order valence-corrected chi connectivity index (χ4v) is 2.46. The largest absolute Gasteiger partial charge is 0.265 e. The van der Waals surface area contributed by atoms with Gasteiger partial charge in [0.2, 0.25) is 6.54 Å². The van der Waals surface area contributed by atoms with Crippen molar-refractivity contribution in [3.8, 4) is 0 Å². The molecular formula is C9H7ClN2O2S. The molecule has 0 bridgehead atoms. The van der Waals surface area contributed by atoms with Crippen molar-refractivity contribution in [2.24, 2.45) is 0 Å². The van der Waals surface area contributed by atoms with E-state index in [4.69, 9.17) is 11.6 Å². The summed E-state index contributed by atoms with van der Waals surface area (Å²) in [4.78, 5) is 14.0. The third-order valence-corrected chi connectivity index (χ3v) is 3.10. The van der Waals surface area contributed by atoms with Gasteiger partial charge >= 0.3 is 0 Å². The van der Waals surface area contributed by atoms with Crippen LogP contribution in [0.15, 0.2) is 17.6 Å². The highest BCUT2D eigenvalue weighted by molar-refractivity contribution is 7.16. The molecule has 0 N–H and O–H groups in total. The topological polar surface area (TPSA) is 56.0 Å². The van der Waals surface area contributed by atoms with Gasteiger partial charge in [-0.1, -0.05) is 11.6 Å². The zero-order valence-corrected chi connectivity index (χ0v) is 9.22. The van der Waals surface area contributed by atoms with Crippen LogP contribution in [0.5, 0.6) is 0 Å². The Morgan fingerprint density at radius 2 is 2.33 bits per heavy atom. The molecule has 6 heteroatoms. The number of hydrogen-bond acceptors (Lipinski definition) is 4. The van der Waals surface area contributed by atoms with Crippen LogP contribution in [0.2, 0.25) is 5.02 Å². The van der Waals surface area contributed by atoms with E-state index in [0.717, 1.165) is 15.8 Å². The zero-order valence-electron chi connectivity index (χ0n) is 7.64. The number of benzene rings is 1. The Morgan fingerprint density at radius 1 is 1.53 bits per heavy atom. The van der Waals surface area contributed by atoms with Crippen molar-refractivity contribution in [3.63, 3.8) is 0 Å². The van der Waals surface area contributed by atoms with E-state index in [1.165, 1.54) is 11.3 Å². The molecule has 1 aromatic carbocycles. The molecule has 1 aromatic heterocycles. The summed E-state index contributed by atoms with van der Waals surface area (Å²) in [6, 6.07) is 3.65. The van der Waals surface area contributed by atoms with Crippen LogP contribution in [-0.2, 0) is 6.42 Å². The van der Waals surface area contributed by atoms with Gasteiger partial charge in [0.1, 0.15) is 0 Å². The van der Waals surface area contributed by atoms with Gasteiger partial charge in [-0.3, -0.25) is 10.1 Å². The summed E-state index contributed by atoms with van der Waals surface area (Å²) in [6.45, 7) is -0.0688. The third-order valence-electron chi connectivity index (χ3n) is 2.03. The van der Waals surface area contributed by atoms with E-state index >= 15 is 0 Å². The Kier molecular flexibility index (Phi) is 2.83. The lowest BCUT2D eigenvalue weighted by molar-refractivity contribution is -0.479. The molecule has 0 unspecified atom stereocenters. The van der Waals surface area contributed by atoms with Gasteiger partial charge < -0.3 is 0 Å². The molecule has 0 amide bonds. The minimum atomic E-state index is -0.329. The van der Waals surface area contributed by atoms with Crippen LogP contribution < -0.4 is 0 Å². The molecule has 0 radical (unpaired) electrons. The van der Waals surface area contributed by atoms with Gasteiger partial charge in [0.15, 0.2) is 0 Å². The van der Waals surface area contributed by atoms with Crippen LogP contribution in [0.25, 0.3) is 10.2 Å². The molecule has 2 rings (SSSR count). The van der Waals surface area contributed by atoms with Crippen LogP contribution in [-0.4, -0.2) is 16.5 Å². The van der Waals surface area contributed by atoms with Gasteiger partial charge in [0.05, 0.1) is 20.7 Å². The highest BCUT2D eigenvalue weighted by atomic mass is 35.5. The summed E-state index contributed by atoms with van der Waals surface area (Å²) < 4.78 is 0.973. The minimum Gasteiger partial charge on any atom is -0.265 e. The quantitative estimate of drug-likeness (QED) is 0.614. The molecule has 0 atom stereocenters. The molecule has 4 nitrogen and oxygen atoms in total. The summed E-state index contributed by atoms with van der Waals surface area (Å²) in [5, 5.41) is 10.8. The van der Waals surface area contributed by atoms with Crippen LogP contribution in [0.3, 0.4) is 0 Å². The number of aromatic nitrogens is 1. The first-order valence-corrected chi connectivity index (χ1v) is 5.56. The van der Waals surface area contributed by atoms with Gasteiger partial charge in [-0.05, 0) is 17.7 Å². The normalized spacial score (nSPS) is 10.7. The standard InChI is InChI=1S/C9H7ClN2O2S/c10-7-3-6(1-2-12(13)14)4-8-9(7)11-5-15-8/h3-5H,1-2H2. The van der Waals surface area contributed by atoms with Crippen LogP contribution in [0, 0.1) is 10.1 Å². The number of nitrogens with zero attached hydrogens (tertiary/aromatic N) is 2. The molecule has 0 aliphatic carbocycles. The maximum Gasteiger partial charge on any atom is 0.207 e. The van der Waals surface area contributed by atoms with Crippen molar-refractivity contribution in [3.05, 3.63) is 38.3 Å². The molecule has 78 valence electrons. The fraction of sp³-hybridized carbons (Fsp3) is 0.222. The number of thiazole rings is 1. The van der Waals surface area contributed by atoms with Crippen molar-refractivity contribution in [2.45, 2.75) is 6.42 Å². The molecule has 0 aliphatic heterocycles. The highest BCUT2D eigenvalue weighted by Crippen LogP contribution is 2.27. The van der Waals surface area contributed by atoms with Gasteiger partial charge in [-0.15, -0.1) is 11.3 Å². The van der Waals surface area contributed by atoms with Crippen molar-refractivity contribution in [1.82, 2.24) is 4.98 Å². The van der Waals surface area contributed by atoms with E-state index in [0.29, 0.717) is 11.4 Å². The first kappa shape index (κ1) is 10.3. The van der Waals surface area contributed by atoms with Crippen LogP contribution in [0.4, 0.5) is 0 Å². The van der Waals surface area contributed by atoms with Crippen LogP contribution >= 0.6 is 22.9 Å². The average molecular weight is 243 g/mol. The smallest absolute Gasteiger partial charge is 0.207 e. The second-order valence-electron chi connectivity index (χ2n) is 3.08. The number of halogens is 1. The van der Waals surface area contributed by atoms with Gasteiger partial charge in [-0.25, -0.2) is 4.98 Å². The van der Waals surface area contributed by atoms with E-state index in [1.807, 2.05) is 6.07 Å². The Morgan fingerprint density at radius 3 is 3.07 bits per heavy atom. The molecule has 0 saturated heterocycles. The zero-order chi connectivity index (χ0) is 10.8. The minimum absolute atomic E-state index is 0.0688. The number of fused-ring (bicyclic) bond motifs is 1. The summed E-state index contributed by atoms with van der Waals surface area (Å²) in [6.07, 6.45) is 0.403. The summed E-state index contributed by atoms with van der Waals surface area (Å²) in [5.74, 6) is 0. The number of nitro groups is 1. The number of hydrogen-bond donors (Lipinski definition) is 0. The Labute approximate surface area is 94.7 Å². The van der Waals surface area contributed by atoms with E-state index in [1.54, 1.807) is 11.6 Å². The summed E-state index contributed by atoms with van der Waals surface area (Å²) >= 11 is 7.48. The second-order valence-corrected chi connectivity index (χ2v) is 4.38. The van der Waals surface area contributed by atoms with Crippen molar-refractivity contribution >= 4 is 33.2 Å². The number of rotatable bonds is 3. The molecule has 0 saturated carbocycles. The fourth-order valence-electron chi connectivity index (χ4n) is 1.34. The van der Waals surface area contributed by atoms with E-state index in [2.05, 4.69) is 4.98 Å². The highest BCUT2D eigenvalue weighted by Gasteiger charge is 2.06. The summed E-state index contributed by atoms with van der Waals surface area (Å²) in [7, 11) is 0. The first-order chi connectivity index (χ1) is 7.16. The van der Waals surface area contributed by atoms with Crippen LogP contribution in [0.1, 0.15) is 5.56 Å². The third kappa shape index (κ3) is 2.24. The SMILES string of the molecule is O=[N+]([O-])CCc1cc(Cl)c2ncsc2c1. The van der Waals surface area contributed by atoms with E-state index < -0.39 is 0 Å². The van der Waals surface area contributed by atoms with Crippen molar-refractivity contribution in [2.75, 3.05) is 6.54 Å². The predicted octanol–water partition coefficient (Wildman–Crippen LogP) is 2.77. The van der Waals surface area contributed by atoms with E-state index in [9.17, 15) is 10.1 Å².